The Morgan fingerprint density at radius 1 is 1.30 bits per heavy atom. The van der Waals surface area contributed by atoms with Crippen LogP contribution in [-0.2, 0) is 6.18 Å². The van der Waals surface area contributed by atoms with Crippen LogP contribution in [0.4, 0.5) is 19.1 Å². The molecule has 1 aromatic heterocycles. The van der Waals surface area contributed by atoms with Crippen LogP contribution in [0, 0.1) is 0 Å². The summed E-state index contributed by atoms with van der Waals surface area (Å²) < 4.78 is 37.0. The zero-order valence-corrected chi connectivity index (χ0v) is 11.4. The molecule has 0 aromatic carbocycles. The Hall–Kier alpha value is -1.41. The lowest BCUT2D eigenvalue weighted by molar-refractivity contribution is -0.138. The van der Waals surface area contributed by atoms with E-state index >= 15 is 0 Å². The Balaban J connectivity index is 0.000000956. The molecule has 8 heteroatoms. The fourth-order valence-corrected chi connectivity index (χ4v) is 1.76. The van der Waals surface area contributed by atoms with Crippen molar-refractivity contribution in [3.63, 3.8) is 0 Å². The second-order valence-electron chi connectivity index (χ2n) is 4.24. The van der Waals surface area contributed by atoms with E-state index in [2.05, 4.69) is 9.97 Å². The van der Waals surface area contributed by atoms with Gasteiger partial charge in [-0.25, -0.2) is 9.97 Å². The van der Waals surface area contributed by atoms with Crippen molar-refractivity contribution in [2.45, 2.75) is 38.6 Å². The van der Waals surface area contributed by atoms with Gasteiger partial charge in [0.15, 0.2) is 0 Å². The molecule has 0 amide bonds. The van der Waals surface area contributed by atoms with E-state index in [-0.39, 0.29) is 18.5 Å². The Bertz CT molecular complexity index is 410. The first-order valence-corrected chi connectivity index (χ1v) is 6.46. The minimum absolute atomic E-state index is 0.175. The maximum Gasteiger partial charge on any atom is 0.419 e. The highest BCUT2D eigenvalue weighted by molar-refractivity contribution is 5.31. The van der Waals surface area contributed by atoms with Crippen LogP contribution in [-0.4, -0.2) is 40.3 Å². The first-order chi connectivity index (χ1) is 9.38. The van der Waals surface area contributed by atoms with Gasteiger partial charge < -0.3 is 15.7 Å². The van der Waals surface area contributed by atoms with Crippen LogP contribution >= 0.6 is 0 Å². The number of nitrogens with two attached hydrogens (primary N) is 1. The summed E-state index contributed by atoms with van der Waals surface area (Å²) in [6.45, 7) is 4.75. The molecule has 2 rings (SSSR count). The van der Waals surface area contributed by atoms with Crippen molar-refractivity contribution in [3.8, 4) is 0 Å². The van der Waals surface area contributed by atoms with Gasteiger partial charge in [0, 0.05) is 31.5 Å². The van der Waals surface area contributed by atoms with Crippen molar-refractivity contribution < 1.29 is 18.3 Å². The highest BCUT2D eigenvalue weighted by atomic mass is 19.4. The fourth-order valence-electron chi connectivity index (χ4n) is 1.76. The molecule has 0 radical (unpaired) electrons. The van der Waals surface area contributed by atoms with E-state index in [4.69, 9.17) is 5.73 Å². The molecular formula is C12H19F3N4O. The number of halogens is 3. The molecule has 0 spiro atoms. The molecule has 0 bridgehead atoms. The van der Waals surface area contributed by atoms with E-state index in [1.54, 1.807) is 4.90 Å². The highest BCUT2D eigenvalue weighted by Crippen LogP contribution is 2.28. The van der Waals surface area contributed by atoms with E-state index in [1.807, 2.05) is 13.8 Å². The molecule has 1 aromatic rings. The lowest BCUT2D eigenvalue weighted by atomic mass is 10.0. The third-order valence-electron chi connectivity index (χ3n) is 2.88. The molecule has 0 aliphatic carbocycles. The van der Waals surface area contributed by atoms with Gasteiger partial charge in [0.1, 0.15) is 0 Å². The fraction of sp³-hybridized carbons (Fsp3) is 0.667. The van der Waals surface area contributed by atoms with Gasteiger partial charge in [-0.1, -0.05) is 13.8 Å². The first kappa shape index (κ1) is 16.6. The molecule has 1 saturated heterocycles. The molecule has 0 saturated carbocycles. The van der Waals surface area contributed by atoms with Gasteiger partial charge in [-0.2, -0.15) is 13.2 Å². The van der Waals surface area contributed by atoms with E-state index in [1.165, 1.54) is 0 Å². The summed E-state index contributed by atoms with van der Waals surface area (Å²) in [5.41, 5.74) is 4.75. The number of hydrogen-bond donors (Lipinski definition) is 2. The number of aliphatic hydroxyl groups is 1. The first-order valence-electron chi connectivity index (χ1n) is 6.46. The lowest BCUT2D eigenvalue weighted by Crippen LogP contribution is -2.51. The van der Waals surface area contributed by atoms with Crippen LogP contribution in [0.1, 0.15) is 25.8 Å². The van der Waals surface area contributed by atoms with Crippen molar-refractivity contribution in [1.29, 1.82) is 0 Å². The monoisotopic (exact) mass is 292 g/mol. The molecule has 3 N–H and O–H groups in total. The number of β-amino-alcohol motifs (C(OH)–C–C–N with tert-alkyl or cyclic N) is 1. The van der Waals surface area contributed by atoms with Gasteiger partial charge in [-0.15, -0.1) is 0 Å². The summed E-state index contributed by atoms with van der Waals surface area (Å²) in [5, 5.41) is 9.59. The quantitative estimate of drug-likeness (QED) is 0.819. The van der Waals surface area contributed by atoms with Gasteiger partial charge in [0.25, 0.3) is 0 Å². The lowest BCUT2D eigenvalue weighted by Gasteiger charge is -2.33. The number of anilines is 1. The largest absolute Gasteiger partial charge is 0.419 e. The molecule has 2 atom stereocenters. The van der Waals surface area contributed by atoms with Crippen LogP contribution in [0.15, 0.2) is 12.4 Å². The summed E-state index contributed by atoms with van der Waals surface area (Å²) in [4.78, 5) is 8.96. The molecule has 1 aliphatic rings. The second-order valence-corrected chi connectivity index (χ2v) is 4.24. The Morgan fingerprint density at radius 3 is 2.30 bits per heavy atom. The Kier molecular flexibility index (Phi) is 5.70. The van der Waals surface area contributed by atoms with Crippen LogP contribution in [0.25, 0.3) is 0 Å². The number of aromatic nitrogens is 2. The molecule has 1 fully saturated rings. The van der Waals surface area contributed by atoms with E-state index in [9.17, 15) is 18.3 Å². The number of aliphatic hydroxyl groups excluding tert-OH is 1. The van der Waals surface area contributed by atoms with Gasteiger partial charge in [-0.05, 0) is 6.42 Å². The summed E-state index contributed by atoms with van der Waals surface area (Å²) in [6, 6.07) is -0.310. The average molecular weight is 292 g/mol. The van der Waals surface area contributed by atoms with Crippen LogP contribution in [0.3, 0.4) is 0 Å². The van der Waals surface area contributed by atoms with Crippen LogP contribution in [0.2, 0.25) is 0 Å². The van der Waals surface area contributed by atoms with E-state index in [0.717, 1.165) is 12.4 Å². The maximum atomic E-state index is 12.3. The van der Waals surface area contributed by atoms with Gasteiger partial charge in [-0.3, -0.25) is 0 Å². The number of alkyl halides is 3. The molecule has 1 aliphatic heterocycles. The Morgan fingerprint density at radius 2 is 1.85 bits per heavy atom. The molecule has 2 unspecified atom stereocenters. The molecule has 2 heterocycles. The summed E-state index contributed by atoms with van der Waals surface area (Å²) in [7, 11) is 0. The topological polar surface area (TPSA) is 75.3 Å². The van der Waals surface area contributed by atoms with Crippen molar-refractivity contribution >= 4 is 5.95 Å². The SMILES string of the molecule is CC.NC1CCN(c2ncc(C(F)(F)F)cn2)CC1O. The Labute approximate surface area is 115 Å². The smallest absolute Gasteiger partial charge is 0.390 e. The van der Waals surface area contributed by atoms with Crippen molar-refractivity contribution in [3.05, 3.63) is 18.0 Å². The predicted octanol–water partition coefficient (Wildman–Crippen LogP) is 1.42. The minimum atomic E-state index is -4.44. The normalized spacial score (nSPS) is 23.1. The predicted molar refractivity (Wildman–Crippen MR) is 69.2 cm³/mol. The molecular weight excluding hydrogens is 273 g/mol. The minimum Gasteiger partial charge on any atom is -0.390 e. The average Bonchev–Trinajstić information content (AvgIpc) is 2.43. The maximum absolute atomic E-state index is 12.3. The van der Waals surface area contributed by atoms with Crippen LogP contribution in [0.5, 0.6) is 0 Å². The zero-order valence-electron chi connectivity index (χ0n) is 11.4. The summed E-state index contributed by atoms with van der Waals surface area (Å²) in [6.07, 6.45) is -3.13. The number of rotatable bonds is 1. The number of hydrogen-bond acceptors (Lipinski definition) is 5. The van der Waals surface area contributed by atoms with E-state index < -0.39 is 17.8 Å². The molecule has 114 valence electrons. The van der Waals surface area contributed by atoms with Gasteiger partial charge in [0.05, 0.1) is 11.7 Å². The van der Waals surface area contributed by atoms with Crippen molar-refractivity contribution in [2.75, 3.05) is 18.0 Å². The van der Waals surface area contributed by atoms with Crippen LogP contribution < -0.4 is 10.6 Å². The second kappa shape index (κ2) is 6.85. The highest BCUT2D eigenvalue weighted by Gasteiger charge is 2.32. The van der Waals surface area contributed by atoms with Crippen molar-refractivity contribution in [2.24, 2.45) is 5.73 Å². The number of nitrogens with zero attached hydrogens (tertiary/aromatic N) is 3. The molecule has 20 heavy (non-hydrogen) atoms. The summed E-state index contributed by atoms with van der Waals surface area (Å²) >= 11 is 0. The number of piperidine rings is 1. The summed E-state index contributed by atoms with van der Waals surface area (Å²) in [5.74, 6) is 0.175. The van der Waals surface area contributed by atoms with Gasteiger partial charge >= 0.3 is 6.18 Å². The standard InChI is InChI=1S/C10H13F3N4O.C2H6/c11-10(12,13)6-3-15-9(16-4-6)17-2-1-7(14)8(18)5-17;1-2/h3-4,7-8,18H,1-2,5,14H2;1-2H3. The van der Waals surface area contributed by atoms with Gasteiger partial charge in [0.2, 0.25) is 5.95 Å². The zero-order chi connectivity index (χ0) is 15.3. The molecule has 5 nitrogen and oxygen atoms in total. The van der Waals surface area contributed by atoms with E-state index in [0.29, 0.717) is 13.0 Å². The third-order valence-corrected chi connectivity index (χ3v) is 2.88. The van der Waals surface area contributed by atoms with Crippen molar-refractivity contribution in [1.82, 2.24) is 9.97 Å². The third kappa shape index (κ3) is 4.04.